The van der Waals surface area contributed by atoms with Crippen LogP contribution in [0.15, 0.2) is 35.4 Å². The van der Waals surface area contributed by atoms with Gasteiger partial charge in [0.2, 0.25) is 11.8 Å². The molecule has 1 fully saturated rings. The summed E-state index contributed by atoms with van der Waals surface area (Å²) < 4.78 is 0. The fourth-order valence-corrected chi connectivity index (χ4v) is 2.67. The van der Waals surface area contributed by atoms with Crippen molar-refractivity contribution < 1.29 is 9.59 Å². The average molecular weight is 315 g/mol. The van der Waals surface area contributed by atoms with Gasteiger partial charge in [-0.2, -0.15) is 5.10 Å². The lowest BCUT2D eigenvalue weighted by atomic mass is 9.89. The molecule has 1 saturated carbocycles. The Morgan fingerprint density at radius 1 is 1.17 bits per heavy atom. The zero-order valence-electron chi connectivity index (χ0n) is 13.7. The van der Waals surface area contributed by atoms with Gasteiger partial charge in [-0.1, -0.05) is 37.3 Å². The second-order valence-electron chi connectivity index (χ2n) is 6.18. The van der Waals surface area contributed by atoms with Crippen LogP contribution in [0.25, 0.3) is 0 Å². The Morgan fingerprint density at radius 3 is 2.65 bits per heavy atom. The fourth-order valence-electron chi connectivity index (χ4n) is 2.67. The molecule has 5 nitrogen and oxygen atoms in total. The summed E-state index contributed by atoms with van der Waals surface area (Å²) in [5, 5.41) is 7.00. The average Bonchev–Trinajstić information content (AvgIpc) is 2.57. The van der Waals surface area contributed by atoms with Crippen LogP contribution in [-0.2, 0) is 16.1 Å². The molecule has 1 unspecified atom stereocenters. The van der Waals surface area contributed by atoms with Crippen molar-refractivity contribution in [2.75, 3.05) is 0 Å². The molecule has 2 rings (SSSR count). The van der Waals surface area contributed by atoms with E-state index in [4.69, 9.17) is 0 Å². The minimum Gasteiger partial charge on any atom is -0.352 e. The Balaban J connectivity index is 1.63. The number of hydrogen-bond acceptors (Lipinski definition) is 3. The van der Waals surface area contributed by atoms with Crippen LogP contribution in [0.3, 0.4) is 0 Å². The first-order valence-corrected chi connectivity index (χ1v) is 8.28. The summed E-state index contributed by atoms with van der Waals surface area (Å²) in [7, 11) is 0. The predicted molar refractivity (Wildman–Crippen MR) is 90.7 cm³/mol. The normalized spacial score (nSPS) is 19.3. The van der Waals surface area contributed by atoms with E-state index in [9.17, 15) is 9.59 Å². The first kappa shape index (κ1) is 17.2. The summed E-state index contributed by atoms with van der Waals surface area (Å²) in [4.78, 5) is 23.5. The van der Waals surface area contributed by atoms with Crippen LogP contribution in [0.5, 0.6) is 0 Å². The van der Waals surface area contributed by atoms with Crippen LogP contribution in [0.1, 0.15) is 51.0 Å². The molecule has 124 valence electrons. The van der Waals surface area contributed by atoms with Gasteiger partial charge in [0.25, 0.3) is 0 Å². The van der Waals surface area contributed by atoms with Crippen molar-refractivity contribution in [3.63, 3.8) is 0 Å². The second kappa shape index (κ2) is 9.08. The molecule has 0 aliphatic heterocycles. The number of nitrogens with one attached hydrogen (secondary N) is 2. The Kier molecular flexibility index (Phi) is 6.78. The largest absolute Gasteiger partial charge is 0.352 e. The molecule has 1 aliphatic carbocycles. The molecule has 23 heavy (non-hydrogen) atoms. The van der Waals surface area contributed by atoms with E-state index in [1.807, 2.05) is 30.3 Å². The van der Waals surface area contributed by atoms with E-state index in [0.717, 1.165) is 30.5 Å². The van der Waals surface area contributed by atoms with Crippen LogP contribution < -0.4 is 10.7 Å². The zero-order valence-corrected chi connectivity index (χ0v) is 13.7. The monoisotopic (exact) mass is 315 g/mol. The van der Waals surface area contributed by atoms with E-state index >= 15 is 0 Å². The van der Waals surface area contributed by atoms with E-state index in [0.29, 0.717) is 12.5 Å². The van der Waals surface area contributed by atoms with Gasteiger partial charge in [0.05, 0.1) is 0 Å². The third-order valence-corrected chi connectivity index (χ3v) is 4.00. The molecule has 0 radical (unpaired) electrons. The number of amides is 2. The molecule has 0 spiro atoms. The zero-order chi connectivity index (χ0) is 16.5. The van der Waals surface area contributed by atoms with Crippen molar-refractivity contribution in [3.05, 3.63) is 35.9 Å². The molecule has 1 aromatic rings. The first-order valence-electron chi connectivity index (χ1n) is 8.28. The maximum atomic E-state index is 11.7. The number of hydrazone groups is 1. The van der Waals surface area contributed by atoms with E-state index in [1.165, 1.54) is 6.42 Å². The highest BCUT2D eigenvalue weighted by Crippen LogP contribution is 2.20. The van der Waals surface area contributed by atoms with Crippen molar-refractivity contribution >= 4 is 17.5 Å². The number of benzene rings is 1. The molecule has 0 bridgehead atoms. The summed E-state index contributed by atoms with van der Waals surface area (Å²) in [6.45, 7) is 2.69. The van der Waals surface area contributed by atoms with Gasteiger partial charge in [0.15, 0.2) is 0 Å². The molecule has 2 amide bonds. The van der Waals surface area contributed by atoms with E-state index < -0.39 is 0 Å². The van der Waals surface area contributed by atoms with Gasteiger partial charge in [-0.25, -0.2) is 5.43 Å². The standard InChI is InChI=1S/C18H25N3O2/c1-14-6-5-9-16(12-14)20-21-18(23)11-10-17(22)19-13-15-7-3-2-4-8-15/h2-4,7-8,14H,5-6,9-13H2,1H3,(H,19,22)(H,21,23). The number of carbonyl (C=O) groups is 2. The van der Waals surface area contributed by atoms with Crippen molar-refractivity contribution in [3.8, 4) is 0 Å². The molecule has 0 heterocycles. The minimum absolute atomic E-state index is 0.122. The van der Waals surface area contributed by atoms with Crippen molar-refractivity contribution in [2.45, 2.75) is 52.0 Å². The second-order valence-corrected chi connectivity index (χ2v) is 6.18. The van der Waals surface area contributed by atoms with Gasteiger partial charge in [0, 0.05) is 25.1 Å². The SMILES string of the molecule is CC1CCCC(=NNC(=O)CCC(=O)NCc2ccccc2)C1. The summed E-state index contributed by atoms with van der Waals surface area (Å²) in [5.74, 6) is 0.316. The molecule has 0 saturated heterocycles. The summed E-state index contributed by atoms with van der Waals surface area (Å²) in [6.07, 6.45) is 4.62. The van der Waals surface area contributed by atoms with E-state index in [2.05, 4.69) is 22.8 Å². The molecular formula is C18H25N3O2. The number of rotatable bonds is 6. The maximum Gasteiger partial charge on any atom is 0.240 e. The molecule has 1 aliphatic rings. The smallest absolute Gasteiger partial charge is 0.240 e. The molecular weight excluding hydrogens is 290 g/mol. The molecule has 2 N–H and O–H groups in total. The summed E-state index contributed by atoms with van der Waals surface area (Å²) in [5.41, 5.74) is 4.68. The number of hydrogen-bond donors (Lipinski definition) is 2. The van der Waals surface area contributed by atoms with Gasteiger partial charge in [-0.05, 0) is 37.2 Å². The van der Waals surface area contributed by atoms with Crippen molar-refractivity contribution in [1.82, 2.24) is 10.7 Å². The summed E-state index contributed by atoms with van der Waals surface area (Å²) >= 11 is 0. The highest BCUT2D eigenvalue weighted by Gasteiger charge is 2.14. The minimum atomic E-state index is -0.203. The first-order chi connectivity index (χ1) is 11.1. The van der Waals surface area contributed by atoms with Crippen LogP contribution >= 0.6 is 0 Å². The third kappa shape index (κ3) is 6.63. The lowest BCUT2D eigenvalue weighted by Crippen LogP contribution is -2.26. The van der Waals surface area contributed by atoms with Crippen molar-refractivity contribution in [2.24, 2.45) is 11.0 Å². The van der Waals surface area contributed by atoms with Crippen LogP contribution in [0.4, 0.5) is 0 Å². The molecule has 5 heteroatoms. The highest BCUT2D eigenvalue weighted by atomic mass is 16.2. The van der Waals surface area contributed by atoms with E-state index in [1.54, 1.807) is 0 Å². The Morgan fingerprint density at radius 2 is 1.91 bits per heavy atom. The van der Waals surface area contributed by atoms with Gasteiger partial charge < -0.3 is 5.32 Å². The third-order valence-electron chi connectivity index (χ3n) is 4.00. The highest BCUT2D eigenvalue weighted by molar-refractivity contribution is 5.88. The van der Waals surface area contributed by atoms with Gasteiger partial charge >= 0.3 is 0 Å². The maximum absolute atomic E-state index is 11.7. The summed E-state index contributed by atoms with van der Waals surface area (Å²) in [6, 6.07) is 9.70. The van der Waals surface area contributed by atoms with Gasteiger partial charge in [-0.3, -0.25) is 9.59 Å². The number of carbonyl (C=O) groups excluding carboxylic acids is 2. The Labute approximate surface area is 137 Å². The topological polar surface area (TPSA) is 70.6 Å². The quantitative estimate of drug-likeness (QED) is 0.792. The van der Waals surface area contributed by atoms with Crippen molar-refractivity contribution in [1.29, 1.82) is 0 Å². The number of nitrogens with zero attached hydrogens (tertiary/aromatic N) is 1. The van der Waals surface area contributed by atoms with E-state index in [-0.39, 0.29) is 24.7 Å². The lowest BCUT2D eigenvalue weighted by molar-refractivity contribution is -0.126. The van der Waals surface area contributed by atoms with Gasteiger partial charge in [0.1, 0.15) is 0 Å². The van der Waals surface area contributed by atoms with Gasteiger partial charge in [-0.15, -0.1) is 0 Å². The molecule has 0 aromatic heterocycles. The Bertz CT molecular complexity index is 555. The lowest BCUT2D eigenvalue weighted by Gasteiger charge is -2.18. The van der Waals surface area contributed by atoms with Crippen LogP contribution in [-0.4, -0.2) is 17.5 Å². The fraction of sp³-hybridized carbons (Fsp3) is 0.500. The molecule has 1 atom stereocenters. The van der Waals surface area contributed by atoms with Crippen LogP contribution in [0, 0.1) is 5.92 Å². The van der Waals surface area contributed by atoms with Crippen LogP contribution in [0.2, 0.25) is 0 Å². The Hall–Kier alpha value is -2.17. The predicted octanol–water partition coefficient (Wildman–Crippen LogP) is 2.77. The molecule has 1 aromatic carbocycles.